The van der Waals surface area contributed by atoms with Gasteiger partial charge in [-0.05, 0) is 66.4 Å². The van der Waals surface area contributed by atoms with Gasteiger partial charge in [0.05, 0.1) is 12.6 Å². The molecule has 2 atom stereocenters. The zero-order valence-corrected chi connectivity index (χ0v) is 20.4. The number of carbonyl (C=O) groups is 1. The number of benzene rings is 1. The van der Waals surface area contributed by atoms with Gasteiger partial charge in [0.15, 0.2) is 0 Å². The van der Waals surface area contributed by atoms with E-state index in [2.05, 4.69) is 47.2 Å². The standard InChI is InChI=1S/C27H35N3O4/c1-27(2)15-21-14-19(20-5-7-24(28-16-20)33-13-12-32-3)4-6-22(21)25(27)29-26(31)34-23-17-30-10-8-18(23)9-11-30/h4-7,14,16,18,23,25H,8-13,15,17H2,1-3H3,(H,29,31)/t23-,25?/m0/s1. The molecule has 0 radical (unpaired) electrons. The first-order valence-electron chi connectivity index (χ1n) is 12.3. The van der Waals surface area contributed by atoms with Crippen molar-refractivity contribution in [2.75, 3.05) is 40.0 Å². The van der Waals surface area contributed by atoms with Gasteiger partial charge in [0.1, 0.15) is 12.7 Å². The van der Waals surface area contributed by atoms with E-state index in [9.17, 15) is 4.79 Å². The summed E-state index contributed by atoms with van der Waals surface area (Å²) in [6.45, 7) is 8.57. The molecule has 0 spiro atoms. The molecular weight excluding hydrogens is 430 g/mol. The van der Waals surface area contributed by atoms with E-state index in [1.54, 1.807) is 7.11 Å². The molecule has 2 aromatic rings. The van der Waals surface area contributed by atoms with Gasteiger partial charge in [-0.15, -0.1) is 0 Å². The number of aromatic nitrogens is 1. The normalized spacial score (nSPS) is 26.7. The quantitative estimate of drug-likeness (QED) is 0.618. The topological polar surface area (TPSA) is 72.9 Å². The number of ether oxygens (including phenoxy) is 3. The predicted molar refractivity (Wildman–Crippen MR) is 130 cm³/mol. The molecule has 6 rings (SSSR count). The number of alkyl carbamates (subject to hydrolysis) is 1. The SMILES string of the molecule is COCCOc1ccc(-c2ccc3c(c2)CC(C)(C)C3NC(=O)O[C@H]2CN3CCC2CC3)cn1. The Balaban J connectivity index is 1.26. The largest absolute Gasteiger partial charge is 0.475 e. The highest BCUT2D eigenvalue weighted by molar-refractivity contribution is 5.70. The first kappa shape index (κ1) is 23.1. The molecule has 1 N–H and O–H groups in total. The lowest BCUT2D eigenvalue weighted by Gasteiger charge is -2.44. The molecule has 2 bridgehead atoms. The minimum atomic E-state index is -0.290. The summed E-state index contributed by atoms with van der Waals surface area (Å²) in [5, 5.41) is 3.20. The summed E-state index contributed by atoms with van der Waals surface area (Å²) in [5.74, 6) is 1.10. The molecule has 3 fully saturated rings. The second-order valence-electron chi connectivity index (χ2n) is 10.5. The lowest BCUT2D eigenvalue weighted by molar-refractivity contribution is -0.0348. The van der Waals surface area contributed by atoms with Gasteiger partial charge in [-0.25, -0.2) is 9.78 Å². The van der Waals surface area contributed by atoms with Crippen LogP contribution in [-0.2, 0) is 15.9 Å². The zero-order chi connectivity index (χ0) is 23.7. The predicted octanol–water partition coefficient (Wildman–Crippen LogP) is 4.22. The maximum absolute atomic E-state index is 12.9. The Kier molecular flexibility index (Phi) is 6.49. The number of nitrogens with zero attached hydrogens (tertiary/aromatic N) is 2. The van der Waals surface area contributed by atoms with Gasteiger partial charge >= 0.3 is 6.09 Å². The zero-order valence-electron chi connectivity index (χ0n) is 20.4. The second-order valence-corrected chi connectivity index (χ2v) is 10.5. The van der Waals surface area contributed by atoms with Crippen LogP contribution < -0.4 is 10.1 Å². The first-order chi connectivity index (χ1) is 16.4. The van der Waals surface area contributed by atoms with Crippen molar-refractivity contribution in [3.8, 4) is 17.0 Å². The fourth-order valence-electron chi connectivity index (χ4n) is 5.71. The molecule has 7 heteroatoms. The fraction of sp³-hybridized carbons (Fsp3) is 0.556. The molecular formula is C27H35N3O4. The van der Waals surface area contributed by atoms with E-state index in [1.165, 1.54) is 11.1 Å². The van der Waals surface area contributed by atoms with E-state index < -0.39 is 0 Å². The van der Waals surface area contributed by atoms with E-state index in [0.29, 0.717) is 25.0 Å². The molecule has 1 aliphatic carbocycles. The molecule has 4 aliphatic rings. The number of methoxy groups -OCH3 is 1. The van der Waals surface area contributed by atoms with Crippen molar-refractivity contribution in [2.24, 2.45) is 11.3 Å². The van der Waals surface area contributed by atoms with Crippen molar-refractivity contribution in [1.29, 1.82) is 0 Å². The summed E-state index contributed by atoms with van der Waals surface area (Å²) in [6, 6.07) is 10.3. The minimum Gasteiger partial charge on any atom is -0.475 e. The first-order valence-corrected chi connectivity index (χ1v) is 12.3. The van der Waals surface area contributed by atoms with Crippen molar-refractivity contribution in [3.05, 3.63) is 47.7 Å². The summed E-state index contributed by atoms with van der Waals surface area (Å²) in [6.07, 6.45) is 4.73. The number of hydrogen-bond donors (Lipinski definition) is 1. The van der Waals surface area contributed by atoms with Gasteiger partial charge in [-0.2, -0.15) is 0 Å². The van der Waals surface area contributed by atoms with Crippen LogP contribution >= 0.6 is 0 Å². The number of nitrogens with one attached hydrogen (secondary N) is 1. The molecule has 7 nitrogen and oxygen atoms in total. The lowest BCUT2D eigenvalue weighted by atomic mass is 9.85. The van der Waals surface area contributed by atoms with Gasteiger partial charge in [0.2, 0.25) is 5.88 Å². The average molecular weight is 466 g/mol. The van der Waals surface area contributed by atoms with Gasteiger partial charge in [0, 0.05) is 31.5 Å². The third kappa shape index (κ3) is 4.77. The Labute approximate surface area is 201 Å². The lowest BCUT2D eigenvalue weighted by Crippen LogP contribution is -2.53. The van der Waals surface area contributed by atoms with Crippen molar-refractivity contribution in [3.63, 3.8) is 0 Å². The molecule has 1 unspecified atom stereocenters. The van der Waals surface area contributed by atoms with Gasteiger partial charge in [-0.1, -0.05) is 32.0 Å². The second kappa shape index (κ2) is 9.55. The molecule has 0 saturated carbocycles. The molecule has 3 saturated heterocycles. The highest BCUT2D eigenvalue weighted by atomic mass is 16.6. The van der Waals surface area contributed by atoms with Gasteiger partial charge < -0.3 is 19.5 Å². The summed E-state index contributed by atoms with van der Waals surface area (Å²) in [7, 11) is 1.65. The van der Waals surface area contributed by atoms with Crippen LogP contribution in [0.15, 0.2) is 36.5 Å². The molecule has 4 heterocycles. The van der Waals surface area contributed by atoms with Crippen LogP contribution in [0.2, 0.25) is 0 Å². The number of amides is 1. The van der Waals surface area contributed by atoms with E-state index in [4.69, 9.17) is 14.2 Å². The number of hydrogen-bond acceptors (Lipinski definition) is 6. The van der Waals surface area contributed by atoms with Crippen molar-refractivity contribution in [2.45, 2.75) is 45.3 Å². The Morgan fingerprint density at radius 2 is 1.94 bits per heavy atom. The molecule has 1 aromatic heterocycles. The van der Waals surface area contributed by atoms with Crippen molar-refractivity contribution < 1.29 is 19.0 Å². The van der Waals surface area contributed by atoms with Crippen LogP contribution in [0, 0.1) is 11.3 Å². The maximum Gasteiger partial charge on any atom is 0.407 e. The third-order valence-corrected chi connectivity index (χ3v) is 7.61. The monoisotopic (exact) mass is 465 g/mol. The Morgan fingerprint density at radius 1 is 1.15 bits per heavy atom. The fourth-order valence-corrected chi connectivity index (χ4v) is 5.71. The van der Waals surface area contributed by atoms with Crippen molar-refractivity contribution in [1.82, 2.24) is 15.2 Å². The molecule has 3 aliphatic heterocycles. The molecule has 1 aromatic carbocycles. The average Bonchev–Trinajstić information content (AvgIpc) is 3.09. The number of fused-ring (bicyclic) bond motifs is 4. The maximum atomic E-state index is 12.9. The number of rotatable bonds is 7. The highest BCUT2D eigenvalue weighted by Gasteiger charge is 2.42. The summed E-state index contributed by atoms with van der Waals surface area (Å²) in [4.78, 5) is 19.7. The Hall–Kier alpha value is -2.64. The smallest absolute Gasteiger partial charge is 0.407 e. The Morgan fingerprint density at radius 3 is 2.62 bits per heavy atom. The van der Waals surface area contributed by atoms with Crippen LogP contribution in [0.5, 0.6) is 5.88 Å². The highest BCUT2D eigenvalue weighted by Crippen LogP contribution is 2.46. The van der Waals surface area contributed by atoms with Crippen LogP contribution in [0.3, 0.4) is 0 Å². The van der Waals surface area contributed by atoms with E-state index >= 15 is 0 Å². The van der Waals surface area contributed by atoms with Crippen LogP contribution in [0.25, 0.3) is 11.1 Å². The molecule has 182 valence electrons. The number of carbonyl (C=O) groups excluding carboxylic acids is 1. The summed E-state index contributed by atoms with van der Waals surface area (Å²) >= 11 is 0. The summed E-state index contributed by atoms with van der Waals surface area (Å²) < 4.78 is 16.5. The van der Waals surface area contributed by atoms with E-state index in [-0.39, 0.29) is 23.7 Å². The number of pyridine rings is 1. The minimum absolute atomic E-state index is 0.0165. The van der Waals surface area contributed by atoms with Crippen LogP contribution in [0.4, 0.5) is 4.79 Å². The van der Waals surface area contributed by atoms with Gasteiger partial charge in [-0.3, -0.25) is 4.90 Å². The van der Waals surface area contributed by atoms with Crippen molar-refractivity contribution >= 4 is 6.09 Å². The molecule has 34 heavy (non-hydrogen) atoms. The molecule has 1 amide bonds. The summed E-state index contributed by atoms with van der Waals surface area (Å²) in [5.41, 5.74) is 4.49. The number of piperidine rings is 3. The van der Waals surface area contributed by atoms with E-state index in [1.807, 2.05) is 18.3 Å². The third-order valence-electron chi connectivity index (χ3n) is 7.61. The van der Waals surface area contributed by atoms with Crippen LogP contribution in [0.1, 0.15) is 43.9 Å². The Bertz CT molecular complexity index is 1020. The van der Waals surface area contributed by atoms with Crippen LogP contribution in [-0.4, -0.2) is 62.0 Å². The van der Waals surface area contributed by atoms with E-state index in [0.717, 1.165) is 50.0 Å². The van der Waals surface area contributed by atoms with Gasteiger partial charge in [0.25, 0.3) is 0 Å².